The number of carbonyl (C=O) groups is 1. The van der Waals surface area contributed by atoms with E-state index < -0.39 is 6.29 Å². The summed E-state index contributed by atoms with van der Waals surface area (Å²) < 4.78 is 12.2. The minimum atomic E-state index is -0.656. The van der Waals surface area contributed by atoms with E-state index in [-0.39, 0.29) is 5.97 Å². The highest BCUT2D eigenvalue weighted by atomic mass is 16.7. The van der Waals surface area contributed by atoms with E-state index in [0.717, 1.165) is 11.4 Å². The van der Waals surface area contributed by atoms with Crippen LogP contribution in [0.1, 0.15) is 19.5 Å². The van der Waals surface area contributed by atoms with Crippen molar-refractivity contribution in [3.05, 3.63) is 42.1 Å². The third kappa shape index (κ3) is 3.34. The molecule has 5 nitrogen and oxygen atoms in total. The van der Waals surface area contributed by atoms with Gasteiger partial charge in [0, 0.05) is 19.9 Å². The Bertz CT molecular complexity index is 563. The van der Waals surface area contributed by atoms with Crippen LogP contribution in [0.5, 0.6) is 5.88 Å². The van der Waals surface area contributed by atoms with Crippen molar-refractivity contribution in [2.45, 2.75) is 27.1 Å². The molecular weight excluding hydrogens is 244 g/mol. The van der Waals surface area contributed by atoms with Gasteiger partial charge in [0.15, 0.2) is 0 Å². The quantitative estimate of drug-likeness (QED) is 0.626. The van der Waals surface area contributed by atoms with Crippen molar-refractivity contribution in [3.63, 3.8) is 0 Å². The summed E-state index contributed by atoms with van der Waals surface area (Å²) in [5, 5.41) is 4.36. The molecule has 0 saturated carbocycles. The zero-order valence-corrected chi connectivity index (χ0v) is 11.2. The first-order chi connectivity index (χ1) is 9.06. The monoisotopic (exact) mass is 260 g/mol. The summed E-state index contributed by atoms with van der Waals surface area (Å²) in [5.74, 6) is 0.160. The van der Waals surface area contributed by atoms with Crippen molar-refractivity contribution in [2.75, 3.05) is 0 Å². The fourth-order valence-corrected chi connectivity index (χ4v) is 1.74. The average Bonchev–Trinajstić information content (AvgIpc) is 2.70. The van der Waals surface area contributed by atoms with E-state index in [2.05, 4.69) is 5.10 Å². The summed E-state index contributed by atoms with van der Waals surface area (Å²) in [4.78, 5) is 10.9. The van der Waals surface area contributed by atoms with Crippen LogP contribution in [0.15, 0.2) is 36.4 Å². The number of aryl methyl sites for hydroxylation is 1. The SMILES string of the molecule is CC(=O)OC(C)Oc1cc(C)nn1-c1ccccc1. The summed E-state index contributed by atoms with van der Waals surface area (Å²) >= 11 is 0. The van der Waals surface area contributed by atoms with Gasteiger partial charge in [-0.25, -0.2) is 4.68 Å². The molecule has 1 aromatic carbocycles. The molecule has 0 aliphatic heterocycles. The topological polar surface area (TPSA) is 53.4 Å². The van der Waals surface area contributed by atoms with E-state index >= 15 is 0 Å². The number of ether oxygens (including phenoxy) is 2. The fourth-order valence-electron chi connectivity index (χ4n) is 1.74. The number of benzene rings is 1. The Balaban J connectivity index is 2.24. The minimum Gasteiger partial charge on any atom is -0.438 e. The molecule has 0 amide bonds. The van der Waals surface area contributed by atoms with Crippen molar-refractivity contribution >= 4 is 5.97 Å². The lowest BCUT2D eigenvalue weighted by Crippen LogP contribution is -2.20. The van der Waals surface area contributed by atoms with E-state index in [1.165, 1.54) is 6.92 Å². The highest BCUT2D eigenvalue weighted by molar-refractivity contribution is 5.66. The van der Waals surface area contributed by atoms with E-state index in [9.17, 15) is 4.79 Å². The third-order valence-corrected chi connectivity index (χ3v) is 2.42. The predicted molar refractivity (Wildman–Crippen MR) is 70.2 cm³/mol. The third-order valence-electron chi connectivity index (χ3n) is 2.42. The first-order valence-electron chi connectivity index (χ1n) is 6.02. The van der Waals surface area contributed by atoms with Crippen molar-refractivity contribution in [1.82, 2.24) is 9.78 Å². The Kier molecular flexibility index (Phi) is 3.85. The lowest BCUT2D eigenvalue weighted by atomic mass is 10.3. The standard InChI is InChI=1S/C14H16N2O3/c1-10-9-14(19-12(3)18-11(2)17)16(15-10)13-7-5-4-6-8-13/h4-9,12H,1-3H3. The summed E-state index contributed by atoms with van der Waals surface area (Å²) in [6.45, 7) is 4.89. The highest BCUT2D eigenvalue weighted by Crippen LogP contribution is 2.20. The van der Waals surface area contributed by atoms with Crippen molar-refractivity contribution in [3.8, 4) is 11.6 Å². The van der Waals surface area contributed by atoms with Crippen LogP contribution in [-0.2, 0) is 9.53 Å². The Morgan fingerprint density at radius 2 is 2.00 bits per heavy atom. The fraction of sp³-hybridized carbons (Fsp3) is 0.286. The second-order valence-corrected chi connectivity index (χ2v) is 4.17. The molecule has 5 heteroatoms. The molecule has 0 aliphatic rings. The van der Waals surface area contributed by atoms with E-state index in [0.29, 0.717) is 5.88 Å². The van der Waals surface area contributed by atoms with Crippen LogP contribution in [0, 0.1) is 6.92 Å². The lowest BCUT2D eigenvalue weighted by Gasteiger charge is -2.15. The molecule has 0 aliphatic carbocycles. The molecule has 2 rings (SSSR count). The summed E-state index contributed by atoms with van der Waals surface area (Å²) in [7, 11) is 0. The lowest BCUT2D eigenvalue weighted by molar-refractivity contribution is -0.158. The first-order valence-corrected chi connectivity index (χ1v) is 6.02. The number of aromatic nitrogens is 2. The number of rotatable bonds is 4. The van der Waals surface area contributed by atoms with Crippen molar-refractivity contribution in [2.24, 2.45) is 0 Å². The van der Waals surface area contributed by atoms with Crippen LogP contribution in [0.2, 0.25) is 0 Å². The predicted octanol–water partition coefficient (Wildman–Crippen LogP) is 2.47. The van der Waals surface area contributed by atoms with Gasteiger partial charge in [-0.15, -0.1) is 0 Å². The minimum absolute atomic E-state index is 0.380. The molecule has 19 heavy (non-hydrogen) atoms. The van der Waals surface area contributed by atoms with Crippen LogP contribution >= 0.6 is 0 Å². The van der Waals surface area contributed by atoms with Gasteiger partial charge in [0.05, 0.1) is 11.4 Å². The van der Waals surface area contributed by atoms with Gasteiger partial charge in [-0.1, -0.05) is 18.2 Å². The van der Waals surface area contributed by atoms with Gasteiger partial charge in [-0.05, 0) is 19.1 Å². The zero-order valence-electron chi connectivity index (χ0n) is 11.2. The van der Waals surface area contributed by atoms with Crippen LogP contribution < -0.4 is 4.74 Å². The van der Waals surface area contributed by atoms with Gasteiger partial charge in [0.2, 0.25) is 12.2 Å². The Labute approximate surface area is 111 Å². The number of esters is 1. The normalized spacial score (nSPS) is 11.9. The number of carbonyl (C=O) groups excluding carboxylic acids is 1. The van der Waals surface area contributed by atoms with Gasteiger partial charge < -0.3 is 9.47 Å². The van der Waals surface area contributed by atoms with Gasteiger partial charge >= 0.3 is 5.97 Å². The van der Waals surface area contributed by atoms with Crippen LogP contribution in [-0.4, -0.2) is 22.0 Å². The molecule has 2 aromatic rings. The molecule has 0 saturated heterocycles. The summed E-state index contributed by atoms with van der Waals surface area (Å²) in [6, 6.07) is 11.4. The smallest absolute Gasteiger partial charge is 0.305 e. The van der Waals surface area contributed by atoms with Gasteiger partial charge in [-0.3, -0.25) is 4.79 Å². The van der Waals surface area contributed by atoms with Crippen LogP contribution in [0.25, 0.3) is 5.69 Å². The zero-order chi connectivity index (χ0) is 13.8. The molecule has 0 radical (unpaired) electrons. The van der Waals surface area contributed by atoms with E-state index in [1.807, 2.05) is 37.3 Å². The second kappa shape index (κ2) is 5.56. The average molecular weight is 260 g/mol. The molecule has 1 atom stereocenters. The molecule has 0 N–H and O–H groups in total. The molecule has 0 bridgehead atoms. The molecule has 1 heterocycles. The molecule has 100 valence electrons. The van der Waals surface area contributed by atoms with E-state index in [1.54, 1.807) is 17.7 Å². The number of hydrogen-bond acceptors (Lipinski definition) is 4. The Morgan fingerprint density at radius 1 is 1.32 bits per heavy atom. The van der Waals surface area contributed by atoms with Gasteiger partial charge in [0.1, 0.15) is 0 Å². The van der Waals surface area contributed by atoms with Gasteiger partial charge in [0.25, 0.3) is 0 Å². The summed E-state index contributed by atoms with van der Waals surface area (Å²) in [6.07, 6.45) is -0.656. The maximum absolute atomic E-state index is 10.9. The van der Waals surface area contributed by atoms with E-state index in [4.69, 9.17) is 9.47 Å². The largest absolute Gasteiger partial charge is 0.438 e. The number of para-hydroxylation sites is 1. The summed E-state index contributed by atoms with van der Waals surface area (Å²) in [5.41, 5.74) is 1.72. The molecular formula is C14H16N2O3. The van der Waals surface area contributed by atoms with Crippen molar-refractivity contribution in [1.29, 1.82) is 0 Å². The molecule has 0 spiro atoms. The first kappa shape index (κ1) is 13.1. The van der Waals surface area contributed by atoms with Crippen LogP contribution in [0.4, 0.5) is 0 Å². The maximum atomic E-state index is 10.9. The van der Waals surface area contributed by atoms with Gasteiger partial charge in [-0.2, -0.15) is 5.10 Å². The molecule has 1 unspecified atom stereocenters. The van der Waals surface area contributed by atoms with Crippen LogP contribution in [0.3, 0.4) is 0 Å². The maximum Gasteiger partial charge on any atom is 0.305 e. The number of hydrogen-bond donors (Lipinski definition) is 0. The number of nitrogens with zero attached hydrogens (tertiary/aromatic N) is 2. The Hall–Kier alpha value is -2.30. The highest BCUT2D eigenvalue weighted by Gasteiger charge is 2.13. The Morgan fingerprint density at radius 3 is 2.63 bits per heavy atom. The second-order valence-electron chi connectivity index (χ2n) is 4.17. The molecule has 1 aromatic heterocycles. The molecule has 0 fully saturated rings. The van der Waals surface area contributed by atoms with Crippen molar-refractivity contribution < 1.29 is 14.3 Å².